The largest absolute Gasteiger partial charge is 0.383 e. The van der Waals surface area contributed by atoms with Gasteiger partial charge >= 0.3 is 0 Å². The van der Waals surface area contributed by atoms with Gasteiger partial charge < -0.3 is 9.82 Å². The van der Waals surface area contributed by atoms with Gasteiger partial charge in [-0.15, -0.1) is 0 Å². The van der Waals surface area contributed by atoms with Gasteiger partial charge in [-0.3, -0.25) is 4.79 Å². The molecule has 6 nitrogen and oxygen atoms in total. The number of carbonyl (C=O) groups excluding carboxylic acids is 1. The molecular formula is C19H17BrN4O2. The Hall–Kier alpha value is -2.93. The van der Waals surface area contributed by atoms with Gasteiger partial charge in [-0.2, -0.15) is 5.10 Å². The first-order chi connectivity index (χ1) is 12.6. The minimum Gasteiger partial charge on any atom is -0.383 e. The third-order valence-electron chi connectivity index (χ3n) is 3.66. The lowest BCUT2D eigenvalue weighted by atomic mass is 10.2. The van der Waals surface area contributed by atoms with Gasteiger partial charge in [0.2, 0.25) is 6.10 Å². The van der Waals surface area contributed by atoms with E-state index in [1.165, 1.54) is 0 Å². The molecular weight excluding hydrogens is 396 g/mol. The molecule has 0 spiro atoms. The maximum Gasteiger partial charge on any atom is 0.283 e. The van der Waals surface area contributed by atoms with Crippen LogP contribution in [-0.2, 0) is 9.63 Å². The van der Waals surface area contributed by atoms with Crippen molar-refractivity contribution in [1.29, 1.82) is 0 Å². The van der Waals surface area contributed by atoms with Crippen LogP contribution in [0.15, 0.2) is 69.5 Å². The van der Waals surface area contributed by atoms with Gasteiger partial charge in [0.15, 0.2) is 0 Å². The number of benzene rings is 2. The lowest BCUT2D eigenvalue weighted by Gasteiger charge is -2.06. The van der Waals surface area contributed by atoms with E-state index in [0.717, 1.165) is 26.5 Å². The Bertz CT molecular complexity index is 948. The van der Waals surface area contributed by atoms with E-state index in [4.69, 9.17) is 4.84 Å². The molecule has 0 fully saturated rings. The zero-order valence-corrected chi connectivity index (χ0v) is 15.6. The summed E-state index contributed by atoms with van der Waals surface area (Å²) in [4.78, 5) is 20.3. The number of hydrogen-bond donors (Lipinski definition) is 2. The van der Waals surface area contributed by atoms with Gasteiger partial charge in [-0.1, -0.05) is 51.4 Å². The number of aromatic nitrogens is 1. The number of H-pyrrole nitrogens is 1. The lowest BCUT2D eigenvalue weighted by Crippen LogP contribution is -2.30. The van der Waals surface area contributed by atoms with Gasteiger partial charge in [-0.05, 0) is 30.7 Å². The summed E-state index contributed by atoms with van der Waals surface area (Å²) in [6, 6.07) is 15.4. The summed E-state index contributed by atoms with van der Waals surface area (Å²) in [6.07, 6.45) is 4.21. The molecule has 0 aliphatic rings. The average molecular weight is 413 g/mol. The molecule has 1 aromatic heterocycles. The highest BCUT2D eigenvalue weighted by atomic mass is 79.9. The van der Waals surface area contributed by atoms with Crippen LogP contribution in [-0.4, -0.2) is 29.4 Å². The predicted molar refractivity (Wildman–Crippen MR) is 106 cm³/mol. The third kappa shape index (κ3) is 4.58. The normalized spacial score (nSPS) is 12.7. The summed E-state index contributed by atoms with van der Waals surface area (Å²) >= 11 is 3.36. The van der Waals surface area contributed by atoms with E-state index >= 15 is 0 Å². The molecule has 2 N–H and O–H groups in total. The lowest BCUT2D eigenvalue weighted by molar-refractivity contribution is -0.131. The third-order valence-corrected chi connectivity index (χ3v) is 4.19. The maximum absolute atomic E-state index is 12.0. The van der Waals surface area contributed by atoms with Crippen molar-refractivity contribution in [3.63, 3.8) is 0 Å². The van der Waals surface area contributed by atoms with Gasteiger partial charge in [0.25, 0.3) is 5.91 Å². The van der Waals surface area contributed by atoms with Crippen LogP contribution in [0.1, 0.15) is 18.1 Å². The minimum absolute atomic E-state index is 0.381. The number of carbonyl (C=O) groups is 1. The fraction of sp³-hybridized carbons (Fsp3) is 0.105. The molecule has 1 unspecified atom stereocenters. The van der Waals surface area contributed by atoms with Gasteiger partial charge in [0, 0.05) is 27.1 Å². The minimum atomic E-state index is -0.762. The first-order valence-electron chi connectivity index (χ1n) is 7.97. The number of nitrogens with zero attached hydrogens (tertiary/aromatic N) is 2. The molecule has 1 atom stereocenters. The fourth-order valence-electron chi connectivity index (χ4n) is 2.24. The van der Waals surface area contributed by atoms with E-state index in [-0.39, 0.29) is 5.91 Å². The van der Waals surface area contributed by atoms with Crippen LogP contribution in [0.2, 0.25) is 0 Å². The van der Waals surface area contributed by atoms with Crippen molar-refractivity contribution in [1.82, 2.24) is 10.4 Å². The SMILES string of the molecule is CC(ON=Cc1ccc(Br)cc1)C(=O)NN=Cc1c[nH]c2ccccc12. The van der Waals surface area contributed by atoms with E-state index in [1.54, 1.807) is 19.4 Å². The highest BCUT2D eigenvalue weighted by Gasteiger charge is 2.12. The predicted octanol–water partition coefficient (Wildman–Crippen LogP) is 3.82. The molecule has 0 saturated carbocycles. The first-order valence-corrected chi connectivity index (χ1v) is 8.76. The molecule has 3 aromatic rings. The van der Waals surface area contributed by atoms with Crippen LogP contribution in [0.3, 0.4) is 0 Å². The summed E-state index contributed by atoms with van der Waals surface area (Å²) in [6.45, 7) is 1.61. The molecule has 1 heterocycles. The number of amides is 1. The van der Waals surface area contributed by atoms with Gasteiger partial charge in [0.05, 0.1) is 12.4 Å². The Morgan fingerprint density at radius 2 is 1.96 bits per heavy atom. The second-order valence-electron chi connectivity index (χ2n) is 5.56. The standard InChI is InChI=1S/C19H17BrN4O2/c1-13(26-23-10-14-6-8-16(20)9-7-14)19(25)24-22-12-15-11-21-18-5-3-2-4-17(15)18/h2-13,21H,1H3,(H,24,25). The summed E-state index contributed by atoms with van der Waals surface area (Å²) in [5.74, 6) is -0.381. The van der Waals surface area contributed by atoms with Crippen molar-refractivity contribution in [2.24, 2.45) is 10.3 Å². The number of aromatic amines is 1. The van der Waals surface area contributed by atoms with Gasteiger partial charge in [-0.25, -0.2) is 5.43 Å². The number of hydrazone groups is 1. The quantitative estimate of drug-likeness (QED) is 0.476. The Kier molecular flexibility index (Phi) is 5.80. The van der Waals surface area contributed by atoms with E-state index in [2.05, 4.69) is 36.6 Å². The van der Waals surface area contributed by atoms with Crippen molar-refractivity contribution in [2.45, 2.75) is 13.0 Å². The molecule has 0 aliphatic carbocycles. The van der Waals surface area contributed by atoms with Crippen molar-refractivity contribution >= 4 is 45.2 Å². The van der Waals surface area contributed by atoms with Crippen molar-refractivity contribution in [2.75, 3.05) is 0 Å². The van der Waals surface area contributed by atoms with E-state index in [1.807, 2.05) is 54.7 Å². The van der Waals surface area contributed by atoms with Crippen LogP contribution < -0.4 is 5.43 Å². The second kappa shape index (κ2) is 8.44. The molecule has 0 radical (unpaired) electrons. The second-order valence-corrected chi connectivity index (χ2v) is 6.47. The van der Waals surface area contributed by atoms with Crippen LogP contribution >= 0.6 is 15.9 Å². The Morgan fingerprint density at radius 3 is 2.77 bits per heavy atom. The zero-order valence-electron chi connectivity index (χ0n) is 14.0. The number of para-hydroxylation sites is 1. The summed E-state index contributed by atoms with van der Waals surface area (Å²) < 4.78 is 0.983. The molecule has 0 aliphatic heterocycles. The molecule has 1 amide bonds. The molecule has 7 heteroatoms. The van der Waals surface area contributed by atoms with Gasteiger partial charge in [0.1, 0.15) is 0 Å². The summed E-state index contributed by atoms with van der Waals surface area (Å²) in [5.41, 5.74) is 5.23. The van der Waals surface area contributed by atoms with Crippen LogP contribution in [0.5, 0.6) is 0 Å². The zero-order chi connectivity index (χ0) is 18.4. The monoisotopic (exact) mass is 412 g/mol. The number of oxime groups is 1. The number of fused-ring (bicyclic) bond motifs is 1. The highest BCUT2D eigenvalue weighted by molar-refractivity contribution is 9.10. The topological polar surface area (TPSA) is 78.8 Å². The molecule has 3 rings (SSSR count). The van der Waals surface area contributed by atoms with Crippen molar-refractivity contribution < 1.29 is 9.63 Å². The molecule has 0 saturated heterocycles. The van der Waals surface area contributed by atoms with E-state index in [0.29, 0.717) is 0 Å². The van der Waals surface area contributed by atoms with Crippen LogP contribution in [0.25, 0.3) is 10.9 Å². The maximum atomic E-state index is 12.0. The Morgan fingerprint density at radius 1 is 1.19 bits per heavy atom. The van der Waals surface area contributed by atoms with Crippen LogP contribution in [0, 0.1) is 0 Å². The van der Waals surface area contributed by atoms with Crippen LogP contribution in [0.4, 0.5) is 0 Å². The molecule has 132 valence electrons. The number of nitrogens with one attached hydrogen (secondary N) is 2. The van der Waals surface area contributed by atoms with Crippen molar-refractivity contribution in [3.8, 4) is 0 Å². The smallest absolute Gasteiger partial charge is 0.283 e. The van der Waals surface area contributed by atoms with E-state index < -0.39 is 6.10 Å². The highest BCUT2D eigenvalue weighted by Crippen LogP contribution is 2.15. The number of hydrogen-bond acceptors (Lipinski definition) is 4. The van der Waals surface area contributed by atoms with E-state index in [9.17, 15) is 4.79 Å². The number of halogens is 1. The average Bonchev–Trinajstić information content (AvgIpc) is 3.06. The number of rotatable bonds is 6. The summed E-state index contributed by atoms with van der Waals surface area (Å²) in [5, 5.41) is 8.85. The van der Waals surface area contributed by atoms with Crippen molar-refractivity contribution in [3.05, 3.63) is 70.3 Å². The fourth-order valence-corrected chi connectivity index (χ4v) is 2.50. The molecule has 26 heavy (non-hydrogen) atoms. The Labute approximate surface area is 159 Å². The summed E-state index contributed by atoms with van der Waals surface area (Å²) in [7, 11) is 0. The first kappa shape index (κ1) is 17.9. The molecule has 0 bridgehead atoms. The Balaban J connectivity index is 1.51. The molecule has 2 aromatic carbocycles.